The zero-order valence-electron chi connectivity index (χ0n) is 15.3. The lowest BCUT2D eigenvalue weighted by atomic mass is 10.1. The van der Waals surface area contributed by atoms with Crippen molar-refractivity contribution in [2.24, 2.45) is 5.73 Å². The highest BCUT2D eigenvalue weighted by molar-refractivity contribution is 7.14. The highest BCUT2D eigenvalue weighted by atomic mass is 32.1. The van der Waals surface area contributed by atoms with Gasteiger partial charge in [0.15, 0.2) is 6.10 Å². The number of benzene rings is 1. The molecule has 0 spiro atoms. The molecule has 0 aliphatic rings. The lowest BCUT2D eigenvalue weighted by Crippen LogP contribution is -2.30. The first-order valence-corrected chi connectivity index (χ1v) is 8.78. The molecule has 2 rings (SSSR count). The van der Waals surface area contributed by atoms with Crippen LogP contribution in [0.2, 0.25) is 0 Å². The third-order valence-corrected chi connectivity index (χ3v) is 4.64. The Morgan fingerprint density at radius 1 is 1.15 bits per heavy atom. The summed E-state index contributed by atoms with van der Waals surface area (Å²) in [5.41, 5.74) is 6.35. The second kappa shape index (κ2) is 8.54. The second-order valence-electron chi connectivity index (χ2n) is 5.57. The van der Waals surface area contributed by atoms with Crippen LogP contribution >= 0.6 is 11.3 Å². The van der Waals surface area contributed by atoms with E-state index in [1.54, 1.807) is 12.3 Å². The molecule has 0 aliphatic heterocycles. The molecule has 0 saturated heterocycles. The molecule has 0 saturated carbocycles. The topological polar surface area (TPSA) is 117 Å². The van der Waals surface area contributed by atoms with Gasteiger partial charge in [-0.1, -0.05) is 0 Å². The zero-order chi connectivity index (χ0) is 20.1. The molecular weight excluding hydrogens is 372 g/mol. The van der Waals surface area contributed by atoms with Crippen LogP contribution in [-0.2, 0) is 9.53 Å². The van der Waals surface area contributed by atoms with Gasteiger partial charge in [0.1, 0.15) is 16.5 Å². The molecule has 27 heavy (non-hydrogen) atoms. The van der Waals surface area contributed by atoms with E-state index in [1.807, 2.05) is 0 Å². The van der Waals surface area contributed by atoms with Crippen LogP contribution in [-0.4, -0.2) is 38.1 Å². The lowest BCUT2D eigenvalue weighted by molar-refractivity contribution is -0.123. The van der Waals surface area contributed by atoms with E-state index >= 15 is 0 Å². The number of esters is 1. The maximum atomic E-state index is 12.4. The molecule has 0 bridgehead atoms. The van der Waals surface area contributed by atoms with Crippen LogP contribution in [0.25, 0.3) is 0 Å². The van der Waals surface area contributed by atoms with Crippen LogP contribution in [0.1, 0.15) is 33.2 Å². The number of carbonyl (C=O) groups is 3. The predicted molar refractivity (Wildman–Crippen MR) is 101 cm³/mol. The smallest absolute Gasteiger partial charge is 0.339 e. The van der Waals surface area contributed by atoms with E-state index in [-0.39, 0.29) is 11.1 Å². The molecule has 1 aromatic heterocycles. The second-order valence-corrected chi connectivity index (χ2v) is 6.49. The minimum atomic E-state index is -1.10. The number of methoxy groups -OCH3 is 2. The number of nitrogens with two attached hydrogens (primary N) is 1. The molecule has 9 heteroatoms. The summed E-state index contributed by atoms with van der Waals surface area (Å²) in [6.45, 7) is 3.22. The molecule has 0 radical (unpaired) electrons. The predicted octanol–water partition coefficient (Wildman–Crippen LogP) is 2.36. The average molecular weight is 392 g/mol. The van der Waals surface area contributed by atoms with Crippen molar-refractivity contribution < 1.29 is 28.6 Å². The van der Waals surface area contributed by atoms with Crippen LogP contribution in [0.5, 0.6) is 11.5 Å². The van der Waals surface area contributed by atoms with Crippen molar-refractivity contribution in [3.8, 4) is 11.5 Å². The van der Waals surface area contributed by atoms with Crippen molar-refractivity contribution in [3.05, 3.63) is 40.3 Å². The largest absolute Gasteiger partial charge is 0.496 e. The van der Waals surface area contributed by atoms with Gasteiger partial charge in [-0.3, -0.25) is 9.59 Å². The molecular formula is C18H20N2O6S. The Morgan fingerprint density at radius 2 is 1.74 bits per heavy atom. The van der Waals surface area contributed by atoms with Crippen LogP contribution in [0.15, 0.2) is 23.6 Å². The lowest BCUT2D eigenvalue weighted by Gasteiger charge is -2.15. The van der Waals surface area contributed by atoms with Gasteiger partial charge in [0.25, 0.3) is 11.8 Å². The van der Waals surface area contributed by atoms with Gasteiger partial charge in [-0.25, -0.2) is 4.79 Å². The highest BCUT2D eigenvalue weighted by Crippen LogP contribution is 2.30. The molecule has 3 N–H and O–H groups in total. The third-order valence-electron chi connectivity index (χ3n) is 3.81. The molecule has 1 atom stereocenters. The van der Waals surface area contributed by atoms with E-state index in [0.29, 0.717) is 16.5 Å². The summed E-state index contributed by atoms with van der Waals surface area (Å²) in [6.07, 6.45) is -1.10. The SMILES string of the molecule is COc1cc(C(=O)OC(C)C(=O)Nc2sccc2C(N)=O)cc(OC)c1C. The molecule has 1 unspecified atom stereocenters. The van der Waals surface area contributed by atoms with E-state index in [2.05, 4.69) is 5.32 Å². The number of rotatable bonds is 7. The highest BCUT2D eigenvalue weighted by Gasteiger charge is 2.22. The number of hydrogen-bond acceptors (Lipinski definition) is 7. The first kappa shape index (κ1) is 20.2. The molecule has 8 nitrogen and oxygen atoms in total. The number of anilines is 1. The molecule has 144 valence electrons. The third kappa shape index (κ3) is 4.56. The Bertz CT molecular complexity index is 851. The number of nitrogens with one attached hydrogen (secondary N) is 1. The van der Waals surface area contributed by atoms with E-state index in [4.69, 9.17) is 19.9 Å². The van der Waals surface area contributed by atoms with Crippen molar-refractivity contribution in [2.75, 3.05) is 19.5 Å². The number of amides is 2. The minimum absolute atomic E-state index is 0.183. The molecule has 2 aromatic rings. The fourth-order valence-corrected chi connectivity index (χ4v) is 3.10. The van der Waals surface area contributed by atoms with Crippen LogP contribution < -0.4 is 20.5 Å². The number of ether oxygens (including phenoxy) is 3. The van der Waals surface area contributed by atoms with E-state index < -0.39 is 23.9 Å². The van der Waals surface area contributed by atoms with Gasteiger partial charge in [0, 0.05) is 5.56 Å². The van der Waals surface area contributed by atoms with Crippen molar-refractivity contribution in [3.63, 3.8) is 0 Å². The molecule has 1 heterocycles. The van der Waals surface area contributed by atoms with Crippen LogP contribution in [0.4, 0.5) is 5.00 Å². The Morgan fingerprint density at radius 3 is 2.26 bits per heavy atom. The summed E-state index contributed by atoms with van der Waals surface area (Å²) in [7, 11) is 2.95. The maximum absolute atomic E-state index is 12.4. The van der Waals surface area contributed by atoms with Crippen molar-refractivity contribution in [1.82, 2.24) is 0 Å². The fourth-order valence-electron chi connectivity index (χ4n) is 2.30. The standard InChI is InChI=1S/C18H20N2O6S/c1-9-13(24-3)7-11(8-14(9)25-4)18(23)26-10(2)16(22)20-17-12(15(19)21)5-6-27-17/h5-8,10H,1-4H3,(H2,19,21)(H,20,22). The van der Waals surface area contributed by atoms with Crippen LogP contribution in [0.3, 0.4) is 0 Å². The number of carbonyl (C=O) groups excluding carboxylic acids is 3. The Kier molecular flexibility index (Phi) is 6.40. The summed E-state index contributed by atoms with van der Waals surface area (Å²) >= 11 is 1.14. The number of primary amides is 1. The normalized spacial score (nSPS) is 11.4. The van der Waals surface area contributed by atoms with Crippen LogP contribution in [0, 0.1) is 6.92 Å². The van der Waals surface area contributed by atoms with E-state index in [1.165, 1.54) is 39.3 Å². The summed E-state index contributed by atoms with van der Waals surface area (Å²) in [5.74, 6) is -1.03. The quantitative estimate of drug-likeness (QED) is 0.699. The van der Waals surface area contributed by atoms with E-state index in [0.717, 1.165) is 16.9 Å². The maximum Gasteiger partial charge on any atom is 0.339 e. The number of hydrogen-bond donors (Lipinski definition) is 2. The summed E-state index contributed by atoms with van der Waals surface area (Å²) in [5, 5.41) is 4.46. The summed E-state index contributed by atoms with van der Waals surface area (Å²) < 4.78 is 15.7. The monoisotopic (exact) mass is 392 g/mol. The van der Waals surface area contributed by atoms with Crippen molar-refractivity contribution in [1.29, 1.82) is 0 Å². The van der Waals surface area contributed by atoms with Gasteiger partial charge in [-0.2, -0.15) is 0 Å². The Hall–Kier alpha value is -3.07. The fraction of sp³-hybridized carbons (Fsp3) is 0.278. The Labute approximate surface area is 160 Å². The van der Waals surface area contributed by atoms with E-state index in [9.17, 15) is 14.4 Å². The van der Waals surface area contributed by atoms with Gasteiger partial charge in [0.05, 0.1) is 25.3 Å². The minimum Gasteiger partial charge on any atom is -0.496 e. The molecule has 0 aliphatic carbocycles. The zero-order valence-corrected chi connectivity index (χ0v) is 16.1. The van der Waals surface area contributed by atoms with Gasteiger partial charge < -0.3 is 25.3 Å². The molecule has 1 aromatic carbocycles. The molecule has 2 amide bonds. The first-order valence-electron chi connectivity index (χ1n) is 7.90. The van der Waals surface area contributed by atoms with Crippen molar-refractivity contribution in [2.45, 2.75) is 20.0 Å². The van der Waals surface area contributed by atoms with Crippen molar-refractivity contribution >= 4 is 34.1 Å². The Balaban J connectivity index is 2.12. The number of thiophene rings is 1. The average Bonchev–Trinajstić information content (AvgIpc) is 3.10. The summed E-state index contributed by atoms with van der Waals surface area (Å²) in [6, 6.07) is 4.52. The first-order chi connectivity index (χ1) is 12.8. The molecule has 0 fully saturated rings. The van der Waals surface area contributed by atoms with Gasteiger partial charge >= 0.3 is 5.97 Å². The van der Waals surface area contributed by atoms with Gasteiger partial charge in [0.2, 0.25) is 0 Å². The summed E-state index contributed by atoms with van der Waals surface area (Å²) in [4.78, 5) is 36.0. The van der Waals surface area contributed by atoms with Gasteiger partial charge in [-0.15, -0.1) is 11.3 Å². The van der Waals surface area contributed by atoms with Gasteiger partial charge in [-0.05, 0) is 37.4 Å².